The standard InChI is InChI=1S/C31H43N3O3/c1-5-8-10-11-17-29(35)37-34-22(4)30(36)23-18-19-25-24-15-12-13-16-26(24)31(27(25)21-23,28(32)14-7-3)33-20-9-6-2/h12-13,15-16,18-19,21,28,33H,5-11,14,17,20,32H2,1-4H3/b34-22-. The summed E-state index contributed by atoms with van der Waals surface area (Å²) >= 11 is 0. The Morgan fingerprint density at radius 3 is 2.41 bits per heavy atom. The van der Waals surface area contributed by atoms with Crippen LogP contribution in [0.25, 0.3) is 11.1 Å². The molecule has 2 unspecified atom stereocenters. The van der Waals surface area contributed by atoms with Gasteiger partial charge in [0.1, 0.15) is 5.71 Å². The second-order valence-electron chi connectivity index (χ2n) is 10.1. The molecule has 0 heterocycles. The van der Waals surface area contributed by atoms with Crippen LogP contribution >= 0.6 is 0 Å². The monoisotopic (exact) mass is 505 g/mol. The summed E-state index contributed by atoms with van der Waals surface area (Å²) in [6, 6.07) is 14.0. The van der Waals surface area contributed by atoms with Gasteiger partial charge in [0.25, 0.3) is 0 Å². The molecule has 0 aromatic heterocycles. The predicted molar refractivity (Wildman–Crippen MR) is 151 cm³/mol. The summed E-state index contributed by atoms with van der Waals surface area (Å²) in [5, 5.41) is 7.69. The molecule has 1 aliphatic rings. The number of unbranched alkanes of at least 4 members (excludes halogenated alkanes) is 4. The zero-order valence-electron chi connectivity index (χ0n) is 22.9. The predicted octanol–water partition coefficient (Wildman–Crippen LogP) is 6.50. The number of rotatable bonds is 15. The normalized spacial score (nSPS) is 17.3. The van der Waals surface area contributed by atoms with Crippen molar-refractivity contribution in [2.24, 2.45) is 10.9 Å². The molecule has 6 nitrogen and oxygen atoms in total. The minimum Gasteiger partial charge on any atom is -0.326 e. The lowest BCUT2D eigenvalue weighted by molar-refractivity contribution is -0.143. The molecular weight excluding hydrogens is 462 g/mol. The Bertz CT molecular complexity index is 1110. The van der Waals surface area contributed by atoms with Crippen LogP contribution in [-0.4, -0.2) is 30.1 Å². The van der Waals surface area contributed by atoms with Crippen molar-refractivity contribution >= 4 is 17.5 Å². The fourth-order valence-electron chi connectivity index (χ4n) is 5.28. The van der Waals surface area contributed by atoms with Crippen LogP contribution in [0.2, 0.25) is 0 Å². The number of benzene rings is 2. The quantitative estimate of drug-likeness (QED) is 0.0947. The van der Waals surface area contributed by atoms with E-state index in [1.807, 2.05) is 24.3 Å². The minimum atomic E-state index is -0.580. The Morgan fingerprint density at radius 1 is 0.946 bits per heavy atom. The summed E-state index contributed by atoms with van der Waals surface area (Å²) in [4.78, 5) is 30.4. The smallest absolute Gasteiger partial charge is 0.326 e. The SMILES string of the molecule is CCCCCCC(=O)O/N=C(/C)C(=O)c1ccc2c(c1)C(NCCCC)(C(N)CCC)c1ccccc1-2. The Hall–Kier alpha value is -2.83. The van der Waals surface area contributed by atoms with Crippen molar-refractivity contribution in [3.63, 3.8) is 0 Å². The lowest BCUT2D eigenvalue weighted by Crippen LogP contribution is -2.55. The van der Waals surface area contributed by atoms with E-state index in [0.717, 1.165) is 80.2 Å². The van der Waals surface area contributed by atoms with Gasteiger partial charge in [0.2, 0.25) is 5.78 Å². The van der Waals surface area contributed by atoms with E-state index in [9.17, 15) is 9.59 Å². The summed E-state index contributed by atoms with van der Waals surface area (Å²) in [6.07, 6.45) is 8.18. The molecule has 1 aliphatic carbocycles. The van der Waals surface area contributed by atoms with E-state index in [1.54, 1.807) is 6.92 Å². The van der Waals surface area contributed by atoms with Gasteiger partial charge < -0.3 is 15.9 Å². The highest BCUT2D eigenvalue weighted by Gasteiger charge is 2.47. The molecule has 200 valence electrons. The molecule has 0 fully saturated rings. The lowest BCUT2D eigenvalue weighted by Gasteiger charge is -2.39. The van der Waals surface area contributed by atoms with Gasteiger partial charge in [0.15, 0.2) is 0 Å². The Balaban J connectivity index is 1.93. The largest absolute Gasteiger partial charge is 0.335 e. The van der Waals surface area contributed by atoms with Crippen LogP contribution in [0.1, 0.15) is 107 Å². The first-order valence-electron chi connectivity index (χ1n) is 13.9. The number of ketones is 1. The zero-order chi connectivity index (χ0) is 26.8. The minimum absolute atomic E-state index is 0.153. The van der Waals surface area contributed by atoms with E-state index in [-0.39, 0.29) is 17.5 Å². The third-order valence-electron chi connectivity index (χ3n) is 7.29. The molecule has 0 saturated carbocycles. The van der Waals surface area contributed by atoms with E-state index in [2.05, 4.69) is 49.4 Å². The molecule has 0 amide bonds. The maximum absolute atomic E-state index is 13.3. The van der Waals surface area contributed by atoms with Gasteiger partial charge in [0.05, 0.1) is 5.54 Å². The average molecular weight is 506 g/mol. The van der Waals surface area contributed by atoms with Crippen LogP contribution in [0.5, 0.6) is 0 Å². The summed E-state index contributed by atoms with van der Waals surface area (Å²) < 4.78 is 0. The maximum atomic E-state index is 13.3. The zero-order valence-corrected chi connectivity index (χ0v) is 22.9. The van der Waals surface area contributed by atoms with Crippen LogP contribution < -0.4 is 11.1 Å². The van der Waals surface area contributed by atoms with Gasteiger partial charge in [0, 0.05) is 18.0 Å². The summed E-state index contributed by atoms with van der Waals surface area (Å²) in [7, 11) is 0. The number of nitrogens with two attached hydrogens (primary N) is 1. The fraction of sp³-hybridized carbons (Fsp3) is 0.516. The first-order valence-corrected chi connectivity index (χ1v) is 13.9. The van der Waals surface area contributed by atoms with Crippen LogP contribution in [0.4, 0.5) is 0 Å². The van der Waals surface area contributed by atoms with Crippen molar-refractivity contribution in [2.45, 2.75) is 97.1 Å². The van der Waals surface area contributed by atoms with E-state index >= 15 is 0 Å². The van der Waals surface area contributed by atoms with Gasteiger partial charge in [-0.05, 0) is 61.1 Å². The van der Waals surface area contributed by atoms with Crippen molar-refractivity contribution < 1.29 is 14.4 Å². The Labute approximate surface area is 222 Å². The molecule has 2 atom stereocenters. The number of Topliss-reactive ketones (excluding diaryl/α,β-unsaturated/α-hetero) is 1. The first kappa shape index (κ1) is 28.7. The van der Waals surface area contributed by atoms with E-state index in [0.29, 0.717) is 12.0 Å². The third kappa shape index (κ3) is 6.36. The van der Waals surface area contributed by atoms with Gasteiger partial charge in [-0.25, -0.2) is 4.79 Å². The lowest BCUT2D eigenvalue weighted by atomic mass is 9.78. The van der Waals surface area contributed by atoms with Crippen LogP contribution in [-0.2, 0) is 15.2 Å². The number of carbonyl (C=O) groups excluding carboxylic acids is 2. The number of fused-ring (bicyclic) bond motifs is 3. The number of nitrogens with zero attached hydrogens (tertiary/aromatic N) is 1. The first-order chi connectivity index (χ1) is 17.9. The number of carbonyl (C=O) groups is 2. The average Bonchev–Trinajstić information content (AvgIpc) is 3.19. The number of oxime groups is 1. The van der Waals surface area contributed by atoms with Gasteiger partial charge in [-0.2, -0.15) is 0 Å². The molecule has 6 heteroatoms. The van der Waals surface area contributed by atoms with Crippen molar-refractivity contribution in [1.29, 1.82) is 0 Å². The highest BCUT2D eigenvalue weighted by Crippen LogP contribution is 2.49. The topological polar surface area (TPSA) is 93.8 Å². The molecule has 37 heavy (non-hydrogen) atoms. The van der Waals surface area contributed by atoms with Gasteiger partial charge >= 0.3 is 5.97 Å². The molecular formula is C31H43N3O3. The molecule has 3 rings (SSSR count). The molecule has 2 aromatic rings. The number of nitrogens with one attached hydrogen (secondary N) is 1. The summed E-state index contributed by atoms with van der Waals surface area (Å²) in [6.45, 7) is 8.86. The van der Waals surface area contributed by atoms with Crippen LogP contribution in [0.15, 0.2) is 47.6 Å². The molecule has 2 aromatic carbocycles. The fourth-order valence-corrected chi connectivity index (χ4v) is 5.28. The van der Waals surface area contributed by atoms with Gasteiger partial charge in [-0.15, -0.1) is 0 Å². The van der Waals surface area contributed by atoms with Crippen molar-refractivity contribution in [1.82, 2.24) is 5.32 Å². The second-order valence-corrected chi connectivity index (χ2v) is 10.1. The number of hydrogen-bond acceptors (Lipinski definition) is 6. The van der Waals surface area contributed by atoms with Crippen LogP contribution in [0.3, 0.4) is 0 Å². The van der Waals surface area contributed by atoms with Crippen molar-refractivity contribution in [3.8, 4) is 11.1 Å². The summed E-state index contributed by atoms with van der Waals surface area (Å²) in [5.41, 5.74) is 11.4. The molecule has 0 saturated heterocycles. The van der Waals surface area contributed by atoms with Crippen molar-refractivity contribution in [2.75, 3.05) is 6.54 Å². The van der Waals surface area contributed by atoms with E-state index in [4.69, 9.17) is 10.6 Å². The number of hydrogen-bond donors (Lipinski definition) is 2. The Kier molecular flexibility index (Phi) is 10.6. The maximum Gasteiger partial charge on any atom is 0.335 e. The van der Waals surface area contributed by atoms with Crippen molar-refractivity contribution in [3.05, 3.63) is 59.2 Å². The molecule has 3 N–H and O–H groups in total. The summed E-state index contributed by atoms with van der Waals surface area (Å²) in [5.74, 6) is -0.665. The Morgan fingerprint density at radius 2 is 1.68 bits per heavy atom. The van der Waals surface area contributed by atoms with E-state index < -0.39 is 11.5 Å². The second kappa shape index (κ2) is 13.6. The molecule has 0 spiro atoms. The molecule has 0 bridgehead atoms. The van der Waals surface area contributed by atoms with E-state index in [1.165, 1.54) is 0 Å². The third-order valence-corrected chi connectivity index (χ3v) is 7.29. The molecule has 0 aliphatic heterocycles. The van der Waals surface area contributed by atoms with Gasteiger partial charge in [-0.1, -0.05) is 94.4 Å². The highest BCUT2D eigenvalue weighted by atomic mass is 16.7. The van der Waals surface area contributed by atoms with Gasteiger partial charge in [-0.3, -0.25) is 4.79 Å². The van der Waals surface area contributed by atoms with Crippen LogP contribution in [0, 0.1) is 0 Å². The molecule has 0 radical (unpaired) electrons. The highest BCUT2D eigenvalue weighted by molar-refractivity contribution is 6.45.